The van der Waals surface area contributed by atoms with Crippen LogP contribution in [-0.2, 0) is 6.54 Å². The average molecular weight is 294 g/mol. The van der Waals surface area contributed by atoms with Gasteiger partial charge in [0.1, 0.15) is 11.6 Å². The van der Waals surface area contributed by atoms with E-state index in [1.807, 2.05) is 12.1 Å². The van der Waals surface area contributed by atoms with Gasteiger partial charge in [-0.1, -0.05) is 24.3 Å². The number of benzene rings is 1. The second kappa shape index (κ2) is 6.50. The number of hydrogen-bond donors (Lipinski definition) is 1. The third-order valence-corrected chi connectivity index (χ3v) is 3.10. The molecule has 1 aromatic heterocycles. The lowest BCUT2D eigenvalue weighted by Gasteiger charge is -2.10. The van der Waals surface area contributed by atoms with Crippen LogP contribution >= 0.6 is 0 Å². The van der Waals surface area contributed by atoms with Gasteiger partial charge in [0.2, 0.25) is 5.88 Å². The number of aromatic nitrogens is 1. The van der Waals surface area contributed by atoms with E-state index >= 15 is 0 Å². The first-order chi connectivity index (χ1) is 10.6. The predicted molar refractivity (Wildman–Crippen MR) is 82.6 cm³/mol. The molecule has 1 aromatic carbocycles. The molecule has 0 spiro atoms. The van der Waals surface area contributed by atoms with E-state index in [0.29, 0.717) is 11.3 Å². The molecule has 0 fully saturated rings. The molecule has 6 nitrogen and oxygen atoms in total. The standard InChI is InChI=1S/C16H14N4O2/c1-3-9-20-15(21)13(10-17)11(2)14(16(20)22)19-18-12-7-5-4-6-8-12/h3-8,21H,1,9H2,2H3. The fourth-order valence-electron chi connectivity index (χ4n) is 1.96. The maximum absolute atomic E-state index is 12.4. The van der Waals surface area contributed by atoms with Gasteiger partial charge in [-0.05, 0) is 19.1 Å². The van der Waals surface area contributed by atoms with Crippen molar-refractivity contribution in [3.63, 3.8) is 0 Å². The SMILES string of the molecule is C=CCn1c(O)c(C#N)c(C)c(N=Nc2ccccc2)c1=O. The normalized spacial score (nSPS) is 10.5. The Morgan fingerprint density at radius 2 is 2.05 bits per heavy atom. The summed E-state index contributed by atoms with van der Waals surface area (Å²) in [5, 5.41) is 27.1. The van der Waals surface area contributed by atoms with Crippen molar-refractivity contribution in [3.05, 3.63) is 64.5 Å². The summed E-state index contributed by atoms with van der Waals surface area (Å²) >= 11 is 0. The zero-order valence-corrected chi connectivity index (χ0v) is 12.0. The first-order valence-electron chi connectivity index (χ1n) is 6.54. The van der Waals surface area contributed by atoms with Crippen molar-refractivity contribution < 1.29 is 5.11 Å². The van der Waals surface area contributed by atoms with Crippen LogP contribution in [0.1, 0.15) is 11.1 Å². The molecule has 1 heterocycles. The Morgan fingerprint density at radius 1 is 1.36 bits per heavy atom. The molecule has 2 rings (SSSR count). The highest BCUT2D eigenvalue weighted by Gasteiger charge is 2.18. The van der Waals surface area contributed by atoms with Gasteiger partial charge in [-0.15, -0.1) is 11.7 Å². The van der Waals surface area contributed by atoms with Crippen LogP contribution in [0, 0.1) is 18.3 Å². The molecule has 0 bridgehead atoms. The Labute approximate surface area is 127 Å². The summed E-state index contributed by atoms with van der Waals surface area (Å²) in [5.41, 5.74) is 0.394. The van der Waals surface area contributed by atoms with Gasteiger partial charge in [0, 0.05) is 12.1 Å². The predicted octanol–water partition coefficient (Wildman–Crippen LogP) is 3.34. The first-order valence-corrected chi connectivity index (χ1v) is 6.54. The lowest BCUT2D eigenvalue weighted by molar-refractivity contribution is 0.414. The summed E-state index contributed by atoms with van der Waals surface area (Å²) < 4.78 is 1.04. The van der Waals surface area contributed by atoms with E-state index in [1.54, 1.807) is 31.2 Å². The highest BCUT2D eigenvalue weighted by Crippen LogP contribution is 2.26. The van der Waals surface area contributed by atoms with E-state index in [9.17, 15) is 9.90 Å². The van der Waals surface area contributed by atoms with E-state index in [0.717, 1.165) is 4.57 Å². The second-order valence-electron chi connectivity index (χ2n) is 4.52. The highest BCUT2D eigenvalue weighted by atomic mass is 16.3. The van der Waals surface area contributed by atoms with Gasteiger partial charge < -0.3 is 5.11 Å². The Bertz CT molecular complexity index is 830. The summed E-state index contributed by atoms with van der Waals surface area (Å²) in [6.07, 6.45) is 1.45. The van der Waals surface area contributed by atoms with Crippen molar-refractivity contribution >= 4 is 11.4 Å². The maximum Gasteiger partial charge on any atom is 0.281 e. The number of hydrogen-bond acceptors (Lipinski definition) is 5. The van der Waals surface area contributed by atoms with Gasteiger partial charge >= 0.3 is 0 Å². The smallest absolute Gasteiger partial charge is 0.281 e. The van der Waals surface area contributed by atoms with E-state index in [2.05, 4.69) is 16.8 Å². The average Bonchev–Trinajstić information content (AvgIpc) is 2.53. The monoisotopic (exact) mass is 294 g/mol. The van der Waals surface area contributed by atoms with E-state index in [1.165, 1.54) is 6.08 Å². The van der Waals surface area contributed by atoms with Gasteiger partial charge in [-0.3, -0.25) is 9.36 Å². The number of aromatic hydroxyl groups is 1. The molecule has 2 aromatic rings. The number of nitrogens with zero attached hydrogens (tertiary/aromatic N) is 4. The quantitative estimate of drug-likeness (QED) is 0.692. The highest BCUT2D eigenvalue weighted by molar-refractivity contribution is 5.56. The fraction of sp³-hybridized carbons (Fsp3) is 0.125. The van der Waals surface area contributed by atoms with Crippen LogP contribution in [0.5, 0.6) is 5.88 Å². The van der Waals surface area contributed by atoms with Crippen LogP contribution in [0.25, 0.3) is 0 Å². The number of rotatable bonds is 4. The molecule has 0 saturated carbocycles. The maximum atomic E-state index is 12.4. The summed E-state index contributed by atoms with van der Waals surface area (Å²) in [4.78, 5) is 12.4. The topological polar surface area (TPSA) is 90.7 Å². The molecular formula is C16H14N4O2. The van der Waals surface area contributed by atoms with Crippen LogP contribution in [0.2, 0.25) is 0 Å². The summed E-state index contributed by atoms with van der Waals surface area (Å²) in [5.74, 6) is -0.386. The Morgan fingerprint density at radius 3 is 2.64 bits per heavy atom. The van der Waals surface area contributed by atoms with E-state index in [4.69, 9.17) is 5.26 Å². The van der Waals surface area contributed by atoms with Crippen molar-refractivity contribution in [2.24, 2.45) is 10.2 Å². The van der Waals surface area contributed by atoms with Crippen LogP contribution in [0.15, 0.2) is 58.0 Å². The fourth-order valence-corrected chi connectivity index (χ4v) is 1.96. The zero-order chi connectivity index (χ0) is 16.1. The molecule has 0 atom stereocenters. The van der Waals surface area contributed by atoms with Crippen molar-refractivity contribution in [3.8, 4) is 11.9 Å². The summed E-state index contributed by atoms with van der Waals surface area (Å²) in [6, 6.07) is 10.8. The number of azo groups is 1. The third-order valence-electron chi connectivity index (χ3n) is 3.10. The van der Waals surface area contributed by atoms with Gasteiger partial charge in [0.05, 0.1) is 5.69 Å². The second-order valence-corrected chi connectivity index (χ2v) is 4.52. The molecule has 0 radical (unpaired) electrons. The van der Waals surface area contributed by atoms with E-state index in [-0.39, 0.29) is 23.7 Å². The Balaban J connectivity index is 2.63. The lowest BCUT2D eigenvalue weighted by atomic mass is 10.1. The van der Waals surface area contributed by atoms with Crippen LogP contribution in [0.3, 0.4) is 0 Å². The molecule has 110 valence electrons. The Kier molecular flexibility index (Phi) is 4.49. The minimum Gasteiger partial charge on any atom is -0.493 e. The Hall–Kier alpha value is -3.20. The van der Waals surface area contributed by atoms with Crippen molar-refractivity contribution in [2.45, 2.75) is 13.5 Å². The molecule has 0 aliphatic rings. The molecule has 0 amide bonds. The lowest BCUT2D eigenvalue weighted by Crippen LogP contribution is -2.21. The molecule has 0 aliphatic carbocycles. The van der Waals surface area contributed by atoms with Gasteiger partial charge in [-0.25, -0.2) is 0 Å². The first kappa shape index (κ1) is 15.2. The van der Waals surface area contributed by atoms with Gasteiger partial charge in [0.15, 0.2) is 5.69 Å². The van der Waals surface area contributed by atoms with Crippen LogP contribution in [-0.4, -0.2) is 9.67 Å². The van der Waals surface area contributed by atoms with Gasteiger partial charge in [0.25, 0.3) is 5.56 Å². The molecule has 1 N–H and O–H groups in total. The summed E-state index contributed by atoms with van der Waals surface area (Å²) in [7, 11) is 0. The molecule has 0 saturated heterocycles. The van der Waals surface area contributed by atoms with Gasteiger partial charge in [-0.2, -0.15) is 10.4 Å². The van der Waals surface area contributed by atoms with E-state index < -0.39 is 5.56 Å². The molecular weight excluding hydrogens is 280 g/mol. The minimum absolute atomic E-state index is 0.00321. The zero-order valence-electron chi connectivity index (χ0n) is 12.0. The van der Waals surface area contributed by atoms with Crippen molar-refractivity contribution in [1.29, 1.82) is 5.26 Å². The molecule has 22 heavy (non-hydrogen) atoms. The molecule has 6 heteroatoms. The third kappa shape index (κ3) is 2.79. The molecule has 0 unspecified atom stereocenters. The van der Waals surface area contributed by atoms with Crippen LogP contribution < -0.4 is 5.56 Å². The number of pyridine rings is 1. The molecule has 0 aliphatic heterocycles. The van der Waals surface area contributed by atoms with Crippen LogP contribution in [0.4, 0.5) is 11.4 Å². The summed E-state index contributed by atoms with van der Waals surface area (Å²) in [6.45, 7) is 5.16. The van der Waals surface area contributed by atoms with Crippen molar-refractivity contribution in [1.82, 2.24) is 4.57 Å². The van der Waals surface area contributed by atoms with Crippen molar-refractivity contribution in [2.75, 3.05) is 0 Å². The minimum atomic E-state index is -0.520. The number of allylic oxidation sites excluding steroid dienone is 1. The number of nitriles is 1. The largest absolute Gasteiger partial charge is 0.493 e.